The van der Waals surface area contributed by atoms with Crippen LogP contribution in [0.2, 0.25) is 0 Å². The van der Waals surface area contributed by atoms with E-state index in [9.17, 15) is 0 Å². The van der Waals surface area contributed by atoms with Crippen molar-refractivity contribution in [2.75, 3.05) is 0 Å². The molecular weight excluding hydrogens is 777 g/mol. The Bertz CT molecular complexity index is 2900. The molecule has 2 nitrogen and oxygen atoms in total. The quantitative estimate of drug-likeness (QED) is 0.0907. The number of fused-ring (bicyclic) bond motifs is 5. The molecule has 2 heterocycles. The molecule has 0 amide bonds. The second kappa shape index (κ2) is 18.8. The summed E-state index contributed by atoms with van der Waals surface area (Å²) in [4.78, 5) is 0. The van der Waals surface area contributed by atoms with Crippen LogP contribution < -0.4 is 0 Å². The van der Waals surface area contributed by atoms with E-state index in [0.29, 0.717) is 0 Å². The molecule has 0 fully saturated rings. The normalized spacial score (nSPS) is 11.6. The minimum Gasteiger partial charge on any atom is -0.455 e. The molecule has 0 aliphatic rings. The Labute approximate surface area is 378 Å². The monoisotopic (exact) mass is 832 g/mol. The number of aryl methyl sites for hydroxylation is 2. The van der Waals surface area contributed by atoms with E-state index in [-0.39, 0.29) is 0 Å². The smallest absolute Gasteiger partial charge is 0.144 e. The standard InChI is InChI=1S/C62H56O2/c1-3-5-7-13-23-43-33-37-45(38-34-43)51-41-53-55(47-25-15-9-16-26-47)59(49-29-19-11-20-30-49)64-62(53)58-52(46-39-35-44(36-40-46)24-14-8-6-4-2)42-54-56(48-27-17-10-18-28-48)60(63-61(54)57(51)58)50-31-21-12-22-32-50/h9-12,15-22,25-42H,3-8,13-14,23-24H2,1-2H3. The fourth-order valence-corrected chi connectivity index (χ4v) is 9.75. The predicted octanol–water partition coefficient (Wildman–Crippen LogP) is 18.6. The summed E-state index contributed by atoms with van der Waals surface area (Å²) in [5, 5.41) is 4.29. The van der Waals surface area contributed by atoms with Crippen LogP contribution in [-0.2, 0) is 12.8 Å². The predicted molar refractivity (Wildman–Crippen MR) is 272 cm³/mol. The Balaban J connectivity index is 1.34. The van der Waals surface area contributed by atoms with Crippen LogP contribution in [0.5, 0.6) is 0 Å². The van der Waals surface area contributed by atoms with Crippen LogP contribution in [0.4, 0.5) is 0 Å². The summed E-state index contributed by atoms with van der Waals surface area (Å²) in [7, 11) is 0. The second-order valence-electron chi connectivity index (χ2n) is 17.4. The third kappa shape index (κ3) is 8.10. The lowest BCUT2D eigenvalue weighted by atomic mass is 9.86. The minimum atomic E-state index is 0.864. The van der Waals surface area contributed by atoms with Crippen molar-refractivity contribution in [2.24, 2.45) is 0 Å². The number of furan rings is 2. The minimum absolute atomic E-state index is 0.864. The van der Waals surface area contributed by atoms with Crippen LogP contribution in [-0.4, -0.2) is 0 Å². The molecule has 10 rings (SSSR count). The molecule has 0 saturated carbocycles. The van der Waals surface area contributed by atoms with Crippen molar-refractivity contribution in [3.05, 3.63) is 193 Å². The first-order valence-corrected chi connectivity index (χ1v) is 23.6. The van der Waals surface area contributed by atoms with E-state index in [2.05, 4.69) is 196 Å². The molecule has 2 aromatic heterocycles. The lowest BCUT2D eigenvalue weighted by Gasteiger charge is -2.15. The number of benzene rings is 8. The first-order chi connectivity index (χ1) is 31.7. The summed E-state index contributed by atoms with van der Waals surface area (Å²) in [6.45, 7) is 4.55. The van der Waals surface area contributed by atoms with Crippen molar-refractivity contribution in [1.82, 2.24) is 0 Å². The van der Waals surface area contributed by atoms with Crippen molar-refractivity contribution in [2.45, 2.75) is 78.1 Å². The summed E-state index contributed by atoms with van der Waals surface area (Å²) in [6, 6.07) is 66.2. The average molecular weight is 833 g/mol. The zero-order chi connectivity index (χ0) is 43.2. The fourth-order valence-electron chi connectivity index (χ4n) is 9.75. The van der Waals surface area contributed by atoms with E-state index in [1.807, 2.05) is 0 Å². The summed E-state index contributed by atoms with van der Waals surface area (Å²) in [6.07, 6.45) is 12.2. The molecule has 2 heteroatoms. The maximum atomic E-state index is 7.40. The van der Waals surface area contributed by atoms with Gasteiger partial charge in [-0.2, -0.15) is 0 Å². The van der Waals surface area contributed by atoms with Gasteiger partial charge in [-0.25, -0.2) is 0 Å². The van der Waals surface area contributed by atoms with Crippen LogP contribution in [0.3, 0.4) is 0 Å². The van der Waals surface area contributed by atoms with E-state index in [1.165, 1.54) is 62.5 Å². The number of hydrogen-bond donors (Lipinski definition) is 0. The zero-order valence-electron chi connectivity index (χ0n) is 37.2. The van der Waals surface area contributed by atoms with E-state index in [4.69, 9.17) is 8.83 Å². The second-order valence-corrected chi connectivity index (χ2v) is 17.4. The summed E-state index contributed by atoms with van der Waals surface area (Å²) in [5.41, 5.74) is 15.6. The molecule has 0 unspecified atom stereocenters. The average Bonchev–Trinajstić information content (AvgIpc) is 3.95. The molecule has 0 aliphatic heterocycles. The number of rotatable bonds is 16. The summed E-state index contributed by atoms with van der Waals surface area (Å²) in [5.74, 6) is 1.73. The molecule has 0 N–H and O–H groups in total. The molecular formula is C62H56O2. The van der Waals surface area contributed by atoms with Gasteiger partial charge in [0, 0.05) is 43.8 Å². The van der Waals surface area contributed by atoms with Crippen molar-refractivity contribution >= 4 is 32.7 Å². The fraction of sp³-hybridized carbons (Fsp3) is 0.194. The third-order valence-corrected chi connectivity index (χ3v) is 13.1. The Morgan fingerprint density at radius 1 is 0.328 bits per heavy atom. The van der Waals surface area contributed by atoms with Crippen molar-refractivity contribution < 1.29 is 8.83 Å². The van der Waals surface area contributed by atoms with E-state index >= 15 is 0 Å². The Hall–Kier alpha value is -6.90. The highest BCUT2D eigenvalue weighted by Gasteiger charge is 2.28. The maximum Gasteiger partial charge on any atom is 0.144 e. The first-order valence-electron chi connectivity index (χ1n) is 23.6. The highest BCUT2D eigenvalue weighted by atomic mass is 16.3. The van der Waals surface area contributed by atoms with Gasteiger partial charge in [-0.1, -0.05) is 222 Å². The largest absolute Gasteiger partial charge is 0.455 e. The molecule has 0 saturated heterocycles. The van der Waals surface area contributed by atoms with Gasteiger partial charge in [-0.05, 0) is 82.3 Å². The molecule has 0 bridgehead atoms. The Kier molecular flexibility index (Phi) is 12.1. The van der Waals surface area contributed by atoms with Crippen LogP contribution in [0.1, 0.15) is 76.3 Å². The van der Waals surface area contributed by atoms with Gasteiger partial charge in [-0.15, -0.1) is 0 Å². The first kappa shape index (κ1) is 41.1. The molecule has 64 heavy (non-hydrogen) atoms. The van der Waals surface area contributed by atoms with E-state index in [0.717, 1.165) is 113 Å². The molecule has 8 aromatic carbocycles. The highest BCUT2D eigenvalue weighted by molar-refractivity contribution is 6.29. The van der Waals surface area contributed by atoms with Gasteiger partial charge < -0.3 is 8.83 Å². The summed E-state index contributed by atoms with van der Waals surface area (Å²) >= 11 is 0. The zero-order valence-corrected chi connectivity index (χ0v) is 37.2. The van der Waals surface area contributed by atoms with Crippen LogP contribution in [0, 0.1) is 0 Å². The Morgan fingerprint density at radius 3 is 1.02 bits per heavy atom. The van der Waals surface area contributed by atoms with Gasteiger partial charge in [0.05, 0.1) is 0 Å². The van der Waals surface area contributed by atoms with Crippen LogP contribution in [0.25, 0.3) is 99.9 Å². The van der Waals surface area contributed by atoms with Crippen molar-refractivity contribution in [3.8, 4) is 67.2 Å². The van der Waals surface area contributed by atoms with Gasteiger partial charge in [0.15, 0.2) is 0 Å². The topological polar surface area (TPSA) is 26.3 Å². The van der Waals surface area contributed by atoms with Gasteiger partial charge in [0.1, 0.15) is 22.7 Å². The van der Waals surface area contributed by atoms with Crippen molar-refractivity contribution in [1.29, 1.82) is 0 Å². The van der Waals surface area contributed by atoms with Gasteiger partial charge >= 0.3 is 0 Å². The Morgan fingerprint density at radius 2 is 0.672 bits per heavy atom. The van der Waals surface area contributed by atoms with Crippen LogP contribution in [0.15, 0.2) is 191 Å². The molecule has 0 radical (unpaired) electrons. The van der Waals surface area contributed by atoms with Gasteiger partial charge in [0.25, 0.3) is 0 Å². The maximum absolute atomic E-state index is 7.40. The van der Waals surface area contributed by atoms with Crippen LogP contribution >= 0.6 is 0 Å². The van der Waals surface area contributed by atoms with E-state index < -0.39 is 0 Å². The molecule has 316 valence electrons. The molecule has 10 aromatic rings. The molecule has 0 spiro atoms. The molecule has 0 aliphatic carbocycles. The van der Waals surface area contributed by atoms with E-state index in [1.54, 1.807) is 0 Å². The third-order valence-electron chi connectivity index (χ3n) is 13.1. The van der Waals surface area contributed by atoms with Gasteiger partial charge in [0.2, 0.25) is 0 Å². The molecule has 0 atom stereocenters. The lowest BCUT2D eigenvalue weighted by molar-refractivity contribution is 0.633. The highest BCUT2D eigenvalue weighted by Crippen LogP contribution is 2.53. The number of unbranched alkanes of at least 4 members (excludes halogenated alkanes) is 6. The lowest BCUT2D eigenvalue weighted by Crippen LogP contribution is -1.91. The van der Waals surface area contributed by atoms with Gasteiger partial charge in [-0.3, -0.25) is 0 Å². The summed E-state index contributed by atoms with van der Waals surface area (Å²) < 4.78 is 14.8. The SMILES string of the molecule is CCCCCCc1ccc(-c2cc3c(-c4ccccc4)c(-c4ccccc4)oc3c3c(-c4ccc(CCCCCC)cc4)cc4c(-c5ccccc5)c(-c5ccccc5)oc4c23)cc1. The van der Waals surface area contributed by atoms with Crippen molar-refractivity contribution in [3.63, 3.8) is 0 Å². The number of hydrogen-bond acceptors (Lipinski definition) is 2.